The number of nitrogens with zero attached hydrogens (tertiary/aromatic N) is 1. The van der Waals surface area contributed by atoms with Crippen LogP contribution in [-0.4, -0.2) is 47.6 Å². The van der Waals surface area contributed by atoms with Gasteiger partial charge in [0, 0.05) is 12.6 Å². The van der Waals surface area contributed by atoms with Crippen LogP contribution < -0.4 is 5.32 Å². The molecule has 0 aliphatic heterocycles. The number of amides is 1. The number of carbonyl (C=O) groups is 2. The van der Waals surface area contributed by atoms with Crippen LogP contribution in [-0.2, 0) is 9.59 Å². The molecule has 0 rings (SSSR count). The number of carbonyl (C=O) groups excluding carboxylic acids is 1. The predicted octanol–water partition coefficient (Wildman–Crippen LogP) is 0.308. The normalized spacial score (nSPS) is 12.2. The number of rotatable bonds is 7. The van der Waals surface area contributed by atoms with E-state index in [1.165, 1.54) is 0 Å². The number of nitrogens with one attached hydrogen (secondary N) is 1. The van der Waals surface area contributed by atoms with Crippen LogP contribution >= 0.6 is 0 Å². The van der Waals surface area contributed by atoms with Gasteiger partial charge in [-0.2, -0.15) is 0 Å². The van der Waals surface area contributed by atoms with Crippen LogP contribution in [0.4, 0.5) is 0 Å². The second kappa shape index (κ2) is 7.23. The zero-order valence-electron chi connectivity index (χ0n) is 9.62. The van der Waals surface area contributed by atoms with Gasteiger partial charge in [-0.25, -0.2) is 0 Å². The van der Waals surface area contributed by atoms with E-state index < -0.39 is 5.97 Å². The smallest absolute Gasteiger partial charge is 0.305 e. The van der Waals surface area contributed by atoms with Crippen molar-refractivity contribution in [1.29, 1.82) is 0 Å². The molecule has 2 N–H and O–H groups in total. The van der Waals surface area contributed by atoms with Crippen molar-refractivity contribution in [3.8, 4) is 0 Å². The molecule has 1 atom stereocenters. The second-order valence-corrected chi connectivity index (χ2v) is 3.41. The summed E-state index contributed by atoms with van der Waals surface area (Å²) >= 11 is 0. The Morgan fingerprint density at radius 2 is 2.00 bits per heavy atom. The lowest BCUT2D eigenvalue weighted by molar-refractivity contribution is -0.140. The van der Waals surface area contributed by atoms with Crippen molar-refractivity contribution in [3.63, 3.8) is 0 Å². The fraction of sp³-hybridized carbons (Fsp3) is 0.800. The van der Waals surface area contributed by atoms with Gasteiger partial charge in [-0.05, 0) is 20.4 Å². The molecule has 0 spiro atoms. The Labute approximate surface area is 90.5 Å². The van der Waals surface area contributed by atoms with Crippen molar-refractivity contribution in [2.45, 2.75) is 33.2 Å². The van der Waals surface area contributed by atoms with E-state index in [9.17, 15) is 9.59 Å². The summed E-state index contributed by atoms with van der Waals surface area (Å²) in [5.74, 6) is -0.926. The average molecular weight is 216 g/mol. The molecule has 0 aliphatic rings. The molecule has 0 bridgehead atoms. The number of carboxylic acid groups (broad SMARTS) is 1. The minimum Gasteiger partial charge on any atom is -0.481 e. The molecule has 88 valence electrons. The van der Waals surface area contributed by atoms with Gasteiger partial charge < -0.3 is 15.3 Å². The Bertz CT molecular complexity index is 219. The van der Waals surface area contributed by atoms with Gasteiger partial charge in [0.15, 0.2) is 0 Å². The van der Waals surface area contributed by atoms with Gasteiger partial charge in [0.2, 0.25) is 5.91 Å². The van der Waals surface area contributed by atoms with Crippen LogP contribution in [0.2, 0.25) is 0 Å². The van der Waals surface area contributed by atoms with Crippen LogP contribution in [0.3, 0.4) is 0 Å². The maximum Gasteiger partial charge on any atom is 0.305 e. The first-order valence-electron chi connectivity index (χ1n) is 5.24. The van der Waals surface area contributed by atoms with Crippen LogP contribution in [0.1, 0.15) is 27.2 Å². The quantitative estimate of drug-likeness (QED) is 0.642. The Morgan fingerprint density at radius 3 is 2.40 bits per heavy atom. The third-order valence-electron chi connectivity index (χ3n) is 2.19. The maximum atomic E-state index is 11.6. The molecule has 0 saturated heterocycles. The first-order chi connectivity index (χ1) is 7.02. The number of hydrogen-bond acceptors (Lipinski definition) is 3. The topological polar surface area (TPSA) is 69.6 Å². The van der Waals surface area contributed by atoms with Crippen molar-refractivity contribution in [2.75, 3.05) is 19.6 Å². The van der Waals surface area contributed by atoms with E-state index in [2.05, 4.69) is 5.32 Å². The zero-order chi connectivity index (χ0) is 11.8. The highest BCUT2D eigenvalue weighted by molar-refractivity contribution is 5.79. The molecule has 0 fully saturated rings. The molecule has 0 aliphatic carbocycles. The number of carboxylic acids is 1. The highest BCUT2D eigenvalue weighted by Gasteiger charge is 2.19. The molecule has 1 unspecified atom stereocenters. The molecular formula is C10H20N2O3. The van der Waals surface area contributed by atoms with Gasteiger partial charge in [0.25, 0.3) is 0 Å². The van der Waals surface area contributed by atoms with Crippen molar-refractivity contribution in [1.82, 2.24) is 10.2 Å². The number of hydrogen-bond donors (Lipinski definition) is 2. The molecule has 15 heavy (non-hydrogen) atoms. The number of likely N-dealkylation sites (N-methyl/N-ethyl adjacent to an activating group) is 2. The summed E-state index contributed by atoms with van der Waals surface area (Å²) in [4.78, 5) is 23.7. The van der Waals surface area contributed by atoms with E-state index in [-0.39, 0.29) is 24.9 Å². The van der Waals surface area contributed by atoms with E-state index in [0.717, 1.165) is 6.54 Å². The zero-order valence-corrected chi connectivity index (χ0v) is 9.62. The summed E-state index contributed by atoms with van der Waals surface area (Å²) in [5.41, 5.74) is 0. The second-order valence-electron chi connectivity index (χ2n) is 3.41. The van der Waals surface area contributed by atoms with Crippen molar-refractivity contribution >= 4 is 11.9 Å². The molecule has 0 aromatic rings. The Kier molecular flexibility index (Phi) is 6.70. The minimum absolute atomic E-state index is 0.00823. The fourth-order valence-electron chi connectivity index (χ4n) is 1.43. The van der Waals surface area contributed by atoms with Gasteiger partial charge in [-0.15, -0.1) is 0 Å². The highest BCUT2D eigenvalue weighted by atomic mass is 16.4. The summed E-state index contributed by atoms with van der Waals surface area (Å²) in [5, 5.41) is 11.6. The summed E-state index contributed by atoms with van der Waals surface area (Å²) < 4.78 is 0. The third-order valence-corrected chi connectivity index (χ3v) is 2.19. The summed E-state index contributed by atoms with van der Waals surface area (Å²) in [6.07, 6.45) is -0.00823. The predicted molar refractivity (Wildman–Crippen MR) is 57.6 cm³/mol. The largest absolute Gasteiger partial charge is 0.481 e. The minimum atomic E-state index is -0.878. The van der Waals surface area contributed by atoms with E-state index in [1.54, 1.807) is 11.8 Å². The number of aliphatic carboxylic acids is 1. The van der Waals surface area contributed by atoms with E-state index in [0.29, 0.717) is 6.54 Å². The van der Waals surface area contributed by atoms with Crippen molar-refractivity contribution in [2.24, 2.45) is 0 Å². The first kappa shape index (κ1) is 13.9. The SMILES string of the molecule is CCNCC(=O)N(CC)C(C)CC(=O)O. The summed E-state index contributed by atoms with van der Waals surface area (Å²) in [7, 11) is 0. The van der Waals surface area contributed by atoms with Gasteiger partial charge in [-0.1, -0.05) is 6.92 Å². The van der Waals surface area contributed by atoms with E-state index in [1.807, 2.05) is 13.8 Å². The monoisotopic (exact) mass is 216 g/mol. The van der Waals surface area contributed by atoms with E-state index >= 15 is 0 Å². The highest BCUT2D eigenvalue weighted by Crippen LogP contribution is 2.03. The van der Waals surface area contributed by atoms with Gasteiger partial charge in [-0.3, -0.25) is 9.59 Å². The molecule has 5 nitrogen and oxygen atoms in total. The van der Waals surface area contributed by atoms with Crippen molar-refractivity contribution in [3.05, 3.63) is 0 Å². The molecule has 0 saturated carbocycles. The average Bonchev–Trinajstić information content (AvgIpc) is 2.14. The lowest BCUT2D eigenvalue weighted by Gasteiger charge is -2.27. The Morgan fingerprint density at radius 1 is 1.40 bits per heavy atom. The van der Waals surface area contributed by atoms with Crippen LogP contribution in [0.5, 0.6) is 0 Å². The summed E-state index contributed by atoms with van der Waals surface area (Å²) in [6, 6.07) is -0.251. The first-order valence-corrected chi connectivity index (χ1v) is 5.24. The molecule has 0 radical (unpaired) electrons. The molecule has 1 amide bonds. The lowest BCUT2D eigenvalue weighted by Crippen LogP contribution is -2.44. The van der Waals surface area contributed by atoms with Crippen LogP contribution in [0.25, 0.3) is 0 Å². The fourth-order valence-corrected chi connectivity index (χ4v) is 1.43. The van der Waals surface area contributed by atoms with Gasteiger partial charge in [0.05, 0.1) is 13.0 Å². The third kappa shape index (κ3) is 5.37. The van der Waals surface area contributed by atoms with Gasteiger partial charge >= 0.3 is 5.97 Å². The van der Waals surface area contributed by atoms with Gasteiger partial charge in [0.1, 0.15) is 0 Å². The molecular weight excluding hydrogens is 196 g/mol. The van der Waals surface area contributed by atoms with Crippen LogP contribution in [0.15, 0.2) is 0 Å². The molecule has 0 heterocycles. The van der Waals surface area contributed by atoms with E-state index in [4.69, 9.17) is 5.11 Å². The Balaban J connectivity index is 4.20. The molecule has 5 heteroatoms. The maximum absolute atomic E-state index is 11.6. The molecule has 0 aromatic heterocycles. The van der Waals surface area contributed by atoms with Crippen molar-refractivity contribution < 1.29 is 14.7 Å². The molecule has 0 aromatic carbocycles. The Hall–Kier alpha value is -1.10. The summed E-state index contributed by atoms with van der Waals surface area (Å²) in [6.45, 7) is 7.07. The standard InChI is InChI=1S/C10H20N2O3/c1-4-11-7-9(13)12(5-2)8(3)6-10(14)15/h8,11H,4-7H2,1-3H3,(H,14,15). The lowest BCUT2D eigenvalue weighted by atomic mass is 10.2. The van der Waals surface area contributed by atoms with Crippen LogP contribution in [0, 0.1) is 0 Å².